The molecule has 162 valence electrons. The first-order valence-electron chi connectivity index (χ1n) is 9.93. The average Bonchev–Trinajstić information content (AvgIpc) is 2.73. The first-order valence-corrected chi connectivity index (χ1v) is 11.4. The van der Waals surface area contributed by atoms with Crippen LogP contribution in [0.25, 0.3) is 0 Å². The minimum absolute atomic E-state index is 0.124. The molecule has 3 aromatic carbocycles. The van der Waals surface area contributed by atoms with E-state index in [1.165, 1.54) is 12.1 Å². The predicted molar refractivity (Wildman–Crippen MR) is 120 cm³/mol. The third-order valence-electron chi connectivity index (χ3n) is 4.83. The molecule has 0 aromatic heterocycles. The normalized spacial score (nSPS) is 11.2. The number of anilines is 1. The molecule has 7 heteroatoms. The van der Waals surface area contributed by atoms with Crippen molar-refractivity contribution in [1.29, 1.82) is 0 Å². The molecule has 3 aromatic rings. The van der Waals surface area contributed by atoms with Gasteiger partial charge in [-0.15, -0.1) is 0 Å². The Morgan fingerprint density at radius 3 is 2.26 bits per heavy atom. The molecule has 0 spiro atoms. The van der Waals surface area contributed by atoms with Gasteiger partial charge in [-0.25, -0.2) is 12.8 Å². The molecule has 0 aliphatic heterocycles. The van der Waals surface area contributed by atoms with E-state index in [9.17, 15) is 17.6 Å². The van der Waals surface area contributed by atoms with Crippen LogP contribution in [0.4, 0.5) is 10.1 Å². The molecular weight excluding hydrogens is 415 g/mol. The number of hydrogen-bond donors (Lipinski definition) is 1. The second kappa shape index (κ2) is 9.75. The number of carbonyl (C=O) groups is 1. The summed E-state index contributed by atoms with van der Waals surface area (Å²) in [5, 5.41) is 2.75. The van der Waals surface area contributed by atoms with E-state index in [-0.39, 0.29) is 17.3 Å². The van der Waals surface area contributed by atoms with Gasteiger partial charge in [-0.05, 0) is 67.8 Å². The maximum absolute atomic E-state index is 13.3. The van der Waals surface area contributed by atoms with Crippen LogP contribution in [-0.4, -0.2) is 27.4 Å². The lowest BCUT2D eigenvalue weighted by Crippen LogP contribution is -2.41. The van der Waals surface area contributed by atoms with Gasteiger partial charge in [0, 0.05) is 6.54 Å². The van der Waals surface area contributed by atoms with Crippen LogP contribution in [0, 0.1) is 19.7 Å². The van der Waals surface area contributed by atoms with Crippen LogP contribution >= 0.6 is 0 Å². The number of amides is 1. The van der Waals surface area contributed by atoms with Crippen LogP contribution in [0.2, 0.25) is 0 Å². The molecule has 3 rings (SSSR count). The summed E-state index contributed by atoms with van der Waals surface area (Å²) in [5.41, 5.74) is 3.14. The van der Waals surface area contributed by atoms with Crippen LogP contribution in [0.1, 0.15) is 16.7 Å². The van der Waals surface area contributed by atoms with Gasteiger partial charge in [0.25, 0.3) is 10.0 Å². The topological polar surface area (TPSA) is 66.5 Å². The van der Waals surface area contributed by atoms with E-state index in [1.54, 1.807) is 54.6 Å². The zero-order valence-corrected chi connectivity index (χ0v) is 18.3. The molecule has 5 nitrogen and oxygen atoms in total. The lowest BCUT2D eigenvalue weighted by molar-refractivity contribution is -0.119. The Balaban J connectivity index is 1.77. The number of aryl methyl sites for hydroxylation is 2. The van der Waals surface area contributed by atoms with Gasteiger partial charge in [-0.1, -0.05) is 42.0 Å². The lowest BCUT2D eigenvalue weighted by atomic mass is 10.1. The van der Waals surface area contributed by atoms with Gasteiger partial charge in [0.1, 0.15) is 12.4 Å². The zero-order valence-electron chi connectivity index (χ0n) is 17.5. The van der Waals surface area contributed by atoms with Crippen molar-refractivity contribution in [1.82, 2.24) is 5.32 Å². The van der Waals surface area contributed by atoms with E-state index >= 15 is 0 Å². The summed E-state index contributed by atoms with van der Waals surface area (Å²) in [7, 11) is -3.93. The molecule has 0 unspecified atom stereocenters. The van der Waals surface area contributed by atoms with Gasteiger partial charge in [-0.3, -0.25) is 9.10 Å². The standard InChI is InChI=1S/C24H25FN2O3S/c1-18-6-12-23(13-7-18)31(29,30)27(22-5-3-4-19(2)16-22)17-24(28)26-15-14-20-8-10-21(25)11-9-20/h3-13,16H,14-15,17H2,1-2H3,(H,26,28). The maximum atomic E-state index is 13.3. The first-order chi connectivity index (χ1) is 14.8. The Labute approximate surface area is 182 Å². The highest BCUT2D eigenvalue weighted by Gasteiger charge is 2.27. The van der Waals surface area contributed by atoms with Gasteiger partial charge in [0.2, 0.25) is 5.91 Å². The number of carbonyl (C=O) groups excluding carboxylic acids is 1. The van der Waals surface area contributed by atoms with Crippen LogP contribution < -0.4 is 9.62 Å². The lowest BCUT2D eigenvalue weighted by Gasteiger charge is -2.24. The predicted octanol–water partition coefficient (Wildman–Crippen LogP) is 4.00. The number of rotatable bonds is 8. The summed E-state index contributed by atoms with van der Waals surface area (Å²) >= 11 is 0. The number of benzene rings is 3. The second-order valence-electron chi connectivity index (χ2n) is 7.39. The smallest absolute Gasteiger partial charge is 0.264 e. The van der Waals surface area contributed by atoms with Crippen molar-refractivity contribution >= 4 is 21.6 Å². The van der Waals surface area contributed by atoms with Crippen molar-refractivity contribution in [3.05, 3.63) is 95.3 Å². The molecule has 0 saturated heterocycles. The summed E-state index contributed by atoms with van der Waals surface area (Å²) < 4.78 is 40.8. The molecule has 0 saturated carbocycles. The largest absolute Gasteiger partial charge is 0.354 e. The van der Waals surface area contributed by atoms with Crippen molar-refractivity contribution in [3.8, 4) is 0 Å². The molecule has 0 aliphatic rings. The number of sulfonamides is 1. The van der Waals surface area contributed by atoms with Gasteiger partial charge in [0.15, 0.2) is 0 Å². The zero-order chi connectivity index (χ0) is 22.4. The number of nitrogens with one attached hydrogen (secondary N) is 1. The highest BCUT2D eigenvalue weighted by Crippen LogP contribution is 2.24. The number of nitrogens with zero attached hydrogens (tertiary/aromatic N) is 1. The van der Waals surface area contributed by atoms with Crippen LogP contribution in [0.15, 0.2) is 77.7 Å². The third-order valence-corrected chi connectivity index (χ3v) is 6.62. The molecule has 1 N–H and O–H groups in total. The van der Waals surface area contributed by atoms with Gasteiger partial charge < -0.3 is 5.32 Å². The summed E-state index contributed by atoms with van der Waals surface area (Å²) in [4.78, 5) is 12.7. The van der Waals surface area contributed by atoms with E-state index in [1.807, 2.05) is 19.9 Å². The monoisotopic (exact) mass is 440 g/mol. The molecule has 0 radical (unpaired) electrons. The fraction of sp³-hybridized carbons (Fsp3) is 0.208. The molecule has 0 atom stereocenters. The molecule has 31 heavy (non-hydrogen) atoms. The Morgan fingerprint density at radius 2 is 1.61 bits per heavy atom. The van der Waals surface area contributed by atoms with E-state index < -0.39 is 15.9 Å². The summed E-state index contributed by atoms with van der Waals surface area (Å²) in [6, 6.07) is 19.6. The summed E-state index contributed by atoms with van der Waals surface area (Å²) in [6.45, 7) is 3.71. The van der Waals surface area contributed by atoms with Gasteiger partial charge in [-0.2, -0.15) is 0 Å². The second-order valence-corrected chi connectivity index (χ2v) is 9.25. The molecular formula is C24H25FN2O3S. The van der Waals surface area contributed by atoms with Crippen molar-refractivity contribution in [3.63, 3.8) is 0 Å². The van der Waals surface area contributed by atoms with E-state index in [0.717, 1.165) is 21.0 Å². The van der Waals surface area contributed by atoms with Crippen molar-refractivity contribution < 1.29 is 17.6 Å². The van der Waals surface area contributed by atoms with E-state index in [4.69, 9.17) is 0 Å². The van der Waals surface area contributed by atoms with Crippen molar-refractivity contribution in [2.75, 3.05) is 17.4 Å². The van der Waals surface area contributed by atoms with E-state index in [2.05, 4.69) is 5.32 Å². The molecule has 1 amide bonds. The van der Waals surface area contributed by atoms with Gasteiger partial charge in [0.05, 0.1) is 10.6 Å². The maximum Gasteiger partial charge on any atom is 0.264 e. The highest BCUT2D eigenvalue weighted by atomic mass is 32.2. The minimum atomic E-state index is -3.93. The van der Waals surface area contributed by atoms with E-state index in [0.29, 0.717) is 18.7 Å². The summed E-state index contributed by atoms with van der Waals surface area (Å²) in [6.07, 6.45) is 0.515. The van der Waals surface area contributed by atoms with Crippen LogP contribution in [0.5, 0.6) is 0 Å². The quantitative estimate of drug-likeness (QED) is 0.576. The first kappa shape index (κ1) is 22.5. The van der Waals surface area contributed by atoms with Crippen molar-refractivity contribution in [2.24, 2.45) is 0 Å². The van der Waals surface area contributed by atoms with Crippen LogP contribution in [0.3, 0.4) is 0 Å². The number of hydrogen-bond acceptors (Lipinski definition) is 3. The van der Waals surface area contributed by atoms with Crippen molar-refractivity contribution in [2.45, 2.75) is 25.2 Å². The fourth-order valence-electron chi connectivity index (χ4n) is 3.12. The number of halogens is 1. The Hall–Kier alpha value is -3.19. The molecule has 0 heterocycles. The highest BCUT2D eigenvalue weighted by molar-refractivity contribution is 7.92. The Bertz CT molecular complexity index is 1140. The molecule has 0 bridgehead atoms. The SMILES string of the molecule is Cc1ccc(S(=O)(=O)N(CC(=O)NCCc2ccc(F)cc2)c2cccc(C)c2)cc1. The average molecular weight is 441 g/mol. The third kappa shape index (κ3) is 5.92. The Morgan fingerprint density at radius 1 is 0.935 bits per heavy atom. The Kier molecular flexibility index (Phi) is 7.07. The minimum Gasteiger partial charge on any atom is -0.354 e. The molecule has 0 fully saturated rings. The molecule has 0 aliphatic carbocycles. The fourth-order valence-corrected chi connectivity index (χ4v) is 4.53. The summed E-state index contributed by atoms with van der Waals surface area (Å²) in [5.74, 6) is -0.734. The van der Waals surface area contributed by atoms with Gasteiger partial charge >= 0.3 is 0 Å². The van der Waals surface area contributed by atoms with Crippen LogP contribution in [-0.2, 0) is 21.2 Å².